The molecule has 2 aliphatic rings. The van der Waals surface area contributed by atoms with Crippen LogP contribution in [0.1, 0.15) is 68.8 Å². The highest BCUT2D eigenvalue weighted by Crippen LogP contribution is 2.33. The molecule has 1 aliphatic heterocycles. The predicted molar refractivity (Wildman–Crippen MR) is 136 cm³/mol. The SMILES string of the molecule is CCCCc1nc(-c2ccccc2)[nH]c1CN(CCC1CCCC1)Cc1ccc2c(c1)OCO2. The summed E-state index contributed by atoms with van der Waals surface area (Å²) in [6.45, 7) is 5.46. The molecule has 3 aromatic rings. The fourth-order valence-corrected chi connectivity index (χ4v) is 5.26. The average molecular weight is 460 g/mol. The molecule has 0 amide bonds. The number of aromatic amines is 1. The molecular formula is C29H37N3O2. The van der Waals surface area contributed by atoms with Crippen molar-refractivity contribution >= 4 is 0 Å². The van der Waals surface area contributed by atoms with Crippen LogP contribution >= 0.6 is 0 Å². The molecule has 2 heterocycles. The van der Waals surface area contributed by atoms with Crippen LogP contribution in [-0.2, 0) is 19.5 Å². The first kappa shape index (κ1) is 23.0. The molecule has 5 nitrogen and oxygen atoms in total. The minimum Gasteiger partial charge on any atom is -0.454 e. The first-order valence-electron chi connectivity index (χ1n) is 13.0. The van der Waals surface area contributed by atoms with E-state index in [0.29, 0.717) is 6.79 Å². The predicted octanol–water partition coefficient (Wildman–Crippen LogP) is 6.73. The number of imidazole rings is 1. The average Bonchev–Trinajstić information content (AvgIpc) is 3.63. The molecule has 0 radical (unpaired) electrons. The maximum absolute atomic E-state index is 5.64. The highest BCUT2D eigenvalue weighted by molar-refractivity contribution is 5.55. The van der Waals surface area contributed by atoms with Gasteiger partial charge in [-0.25, -0.2) is 4.98 Å². The number of H-pyrrole nitrogens is 1. The van der Waals surface area contributed by atoms with Crippen LogP contribution in [0.3, 0.4) is 0 Å². The number of hydrogen-bond donors (Lipinski definition) is 1. The van der Waals surface area contributed by atoms with Crippen LogP contribution < -0.4 is 9.47 Å². The van der Waals surface area contributed by atoms with Crippen molar-refractivity contribution in [3.63, 3.8) is 0 Å². The minimum atomic E-state index is 0.321. The maximum Gasteiger partial charge on any atom is 0.231 e. The molecular weight excluding hydrogens is 422 g/mol. The Balaban J connectivity index is 1.37. The lowest BCUT2D eigenvalue weighted by Crippen LogP contribution is -2.26. The lowest BCUT2D eigenvalue weighted by molar-refractivity contribution is 0.174. The van der Waals surface area contributed by atoms with Crippen molar-refractivity contribution in [1.29, 1.82) is 0 Å². The summed E-state index contributed by atoms with van der Waals surface area (Å²) in [5.74, 6) is 3.58. The molecule has 2 aromatic carbocycles. The number of ether oxygens (including phenoxy) is 2. The molecule has 180 valence electrons. The van der Waals surface area contributed by atoms with E-state index in [-0.39, 0.29) is 0 Å². The third-order valence-electron chi connectivity index (χ3n) is 7.23. The van der Waals surface area contributed by atoms with Gasteiger partial charge in [0.1, 0.15) is 5.82 Å². The first-order chi connectivity index (χ1) is 16.8. The van der Waals surface area contributed by atoms with E-state index in [1.54, 1.807) is 0 Å². The second-order valence-electron chi connectivity index (χ2n) is 9.82. The van der Waals surface area contributed by atoms with Gasteiger partial charge in [0.2, 0.25) is 6.79 Å². The highest BCUT2D eigenvalue weighted by atomic mass is 16.7. The van der Waals surface area contributed by atoms with Gasteiger partial charge in [-0.15, -0.1) is 0 Å². The Morgan fingerprint density at radius 2 is 1.82 bits per heavy atom. The topological polar surface area (TPSA) is 50.4 Å². The summed E-state index contributed by atoms with van der Waals surface area (Å²) < 4.78 is 11.2. The number of fused-ring (bicyclic) bond motifs is 1. The lowest BCUT2D eigenvalue weighted by Gasteiger charge is -2.24. The molecule has 0 bridgehead atoms. The maximum atomic E-state index is 5.64. The summed E-state index contributed by atoms with van der Waals surface area (Å²) in [6, 6.07) is 16.9. The summed E-state index contributed by atoms with van der Waals surface area (Å²) in [5, 5.41) is 0. The van der Waals surface area contributed by atoms with Gasteiger partial charge in [0.25, 0.3) is 0 Å². The molecule has 1 saturated carbocycles. The van der Waals surface area contributed by atoms with Crippen LogP contribution in [0.5, 0.6) is 11.5 Å². The molecule has 0 unspecified atom stereocenters. The summed E-state index contributed by atoms with van der Waals surface area (Å²) in [5.41, 5.74) is 4.91. The van der Waals surface area contributed by atoms with Crippen LogP contribution in [0, 0.1) is 5.92 Å². The van der Waals surface area contributed by atoms with E-state index in [9.17, 15) is 0 Å². The van der Waals surface area contributed by atoms with E-state index in [1.165, 1.54) is 55.5 Å². The van der Waals surface area contributed by atoms with Gasteiger partial charge in [-0.3, -0.25) is 4.90 Å². The summed E-state index contributed by atoms with van der Waals surface area (Å²) in [6.07, 6.45) is 10.2. The molecule has 34 heavy (non-hydrogen) atoms. The van der Waals surface area contributed by atoms with E-state index in [4.69, 9.17) is 14.5 Å². The van der Waals surface area contributed by atoms with Crippen LogP contribution in [0.15, 0.2) is 48.5 Å². The normalized spacial score (nSPS) is 15.5. The Morgan fingerprint density at radius 3 is 2.65 bits per heavy atom. The van der Waals surface area contributed by atoms with Gasteiger partial charge in [0, 0.05) is 18.7 Å². The van der Waals surface area contributed by atoms with E-state index in [1.807, 2.05) is 6.07 Å². The van der Waals surface area contributed by atoms with Crippen LogP contribution in [0.25, 0.3) is 11.4 Å². The van der Waals surface area contributed by atoms with E-state index < -0.39 is 0 Å². The lowest BCUT2D eigenvalue weighted by atomic mass is 10.0. The number of aromatic nitrogens is 2. The zero-order valence-electron chi connectivity index (χ0n) is 20.4. The number of rotatable bonds is 11. The summed E-state index contributed by atoms with van der Waals surface area (Å²) >= 11 is 0. The molecule has 0 atom stereocenters. The third-order valence-corrected chi connectivity index (χ3v) is 7.23. The largest absolute Gasteiger partial charge is 0.454 e. The third kappa shape index (κ3) is 5.64. The Kier molecular flexibility index (Phi) is 7.49. The summed E-state index contributed by atoms with van der Waals surface area (Å²) in [4.78, 5) is 11.3. The van der Waals surface area contributed by atoms with Crippen molar-refractivity contribution in [2.45, 2.75) is 71.4 Å². The molecule has 5 rings (SSSR count). The number of nitrogens with zero attached hydrogens (tertiary/aromatic N) is 2. The van der Waals surface area contributed by atoms with Gasteiger partial charge in [-0.1, -0.05) is 75.4 Å². The van der Waals surface area contributed by atoms with Gasteiger partial charge in [0.15, 0.2) is 11.5 Å². The standard InChI is InChI=1S/C29H37N3O2/c1-2-3-13-25-26(31-29(30-25)24-11-5-4-6-12-24)20-32(17-16-22-9-7-8-10-22)19-23-14-15-27-28(18-23)34-21-33-27/h4-6,11-12,14-15,18,22H,2-3,7-10,13,16-17,19-21H2,1H3,(H,30,31). The van der Waals surface area contributed by atoms with Crippen LogP contribution in [0.4, 0.5) is 0 Å². The zero-order valence-corrected chi connectivity index (χ0v) is 20.4. The zero-order chi connectivity index (χ0) is 23.2. The molecule has 1 aromatic heterocycles. The van der Waals surface area contributed by atoms with Gasteiger partial charge < -0.3 is 14.5 Å². The molecule has 0 saturated heterocycles. The van der Waals surface area contributed by atoms with Crippen molar-refractivity contribution in [3.8, 4) is 22.9 Å². The molecule has 0 spiro atoms. The number of aryl methyl sites for hydroxylation is 1. The summed E-state index contributed by atoms with van der Waals surface area (Å²) in [7, 11) is 0. The second kappa shape index (κ2) is 11.1. The highest BCUT2D eigenvalue weighted by Gasteiger charge is 2.20. The fraction of sp³-hybridized carbons (Fsp3) is 0.483. The monoisotopic (exact) mass is 459 g/mol. The van der Waals surface area contributed by atoms with Crippen molar-refractivity contribution < 1.29 is 9.47 Å². The fourth-order valence-electron chi connectivity index (χ4n) is 5.26. The van der Waals surface area contributed by atoms with Crippen molar-refractivity contribution in [2.75, 3.05) is 13.3 Å². The minimum absolute atomic E-state index is 0.321. The van der Waals surface area contributed by atoms with E-state index in [2.05, 4.69) is 59.3 Å². The Labute approximate surface area is 203 Å². The van der Waals surface area contributed by atoms with E-state index in [0.717, 1.165) is 61.3 Å². The Morgan fingerprint density at radius 1 is 1.00 bits per heavy atom. The quantitative estimate of drug-likeness (QED) is 0.345. The molecule has 1 N–H and O–H groups in total. The van der Waals surface area contributed by atoms with Gasteiger partial charge in [-0.2, -0.15) is 0 Å². The van der Waals surface area contributed by atoms with E-state index >= 15 is 0 Å². The number of nitrogens with one attached hydrogen (secondary N) is 1. The molecule has 1 fully saturated rings. The van der Waals surface area contributed by atoms with Gasteiger partial charge >= 0.3 is 0 Å². The van der Waals surface area contributed by atoms with Crippen molar-refractivity contribution in [3.05, 3.63) is 65.5 Å². The second-order valence-corrected chi connectivity index (χ2v) is 9.82. The van der Waals surface area contributed by atoms with Crippen molar-refractivity contribution in [1.82, 2.24) is 14.9 Å². The smallest absolute Gasteiger partial charge is 0.231 e. The number of hydrogen-bond acceptors (Lipinski definition) is 4. The number of unbranched alkanes of at least 4 members (excludes halogenated alkanes) is 1. The first-order valence-corrected chi connectivity index (χ1v) is 13.0. The Bertz CT molecular complexity index is 1060. The molecule has 5 heteroatoms. The van der Waals surface area contributed by atoms with Crippen molar-refractivity contribution in [2.24, 2.45) is 5.92 Å². The number of benzene rings is 2. The van der Waals surface area contributed by atoms with Crippen LogP contribution in [-0.4, -0.2) is 28.2 Å². The molecule has 1 aliphatic carbocycles. The van der Waals surface area contributed by atoms with Gasteiger partial charge in [-0.05, 0) is 49.4 Å². The van der Waals surface area contributed by atoms with Gasteiger partial charge in [0.05, 0.1) is 11.4 Å². The Hall–Kier alpha value is -2.79. The van der Waals surface area contributed by atoms with Crippen LogP contribution in [0.2, 0.25) is 0 Å².